The standard InChI is InChI=1S/C24H32FN3O3.C2H2O4/c1-16-11-19-12-20(31-15-18-7-4-5-8-21(18)25)13-22(16)27(19)9-6-10-28-23(29)17(2)14-26(3)24(28)30;3-1(4)2(5)6/h4-5,7-8,14,16,19-20,22H,6,9-13,15H2,1-3H3;(H,3,4)(H,5,6). The van der Waals surface area contributed by atoms with Gasteiger partial charge in [0.2, 0.25) is 0 Å². The number of carboxylic acids is 2. The largest absolute Gasteiger partial charge is 0.473 e. The first kappa shape index (κ1) is 28.3. The van der Waals surface area contributed by atoms with Crippen LogP contribution in [-0.4, -0.2) is 60.9 Å². The predicted molar refractivity (Wildman–Crippen MR) is 133 cm³/mol. The number of fused-ring (bicyclic) bond motifs is 2. The molecule has 37 heavy (non-hydrogen) atoms. The molecule has 2 aliphatic heterocycles. The highest BCUT2D eigenvalue weighted by atomic mass is 19.1. The minimum atomic E-state index is -1.82. The summed E-state index contributed by atoms with van der Waals surface area (Å²) in [5.41, 5.74) is 0.742. The third kappa shape index (κ3) is 6.92. The van der Waals surface area contributed by atoms with Crippen molar-refractivity contribution in [1.82, 2.24) is 14.0 Å². The number of ether oxygens (including phenoxy) is 1. The maximum atomic E-state index is 13.9. The molecular formula is C26H34FN3O7. The molecule has 4 unspecified atom stereocenters. The van der Waals surface area contributed by atoms with Crippen molar-refractivity contribution in [2.45, 2.75) is 70.9 Å². The quantitative estimate of drug-likeness (QED) is 0.531. The lowest BCUT2D eigenvalue weighted by molar-refractivity contribution is -0.159. The number of rotatable bonds is 7. The topological polar surface area (TPSA) is 131 Å². The Morgan fingerprint density at radius 3 is 2.38 bits per heavy atom. The lowest BCUT2D eigenvalue weighted by Crippen LogP contribution is -2.47. The summed E-state index contributed by atoms with van der Waals surface area (Å²) in [6.45, 7) is 5.64. The van der Waals surface area contributed by atoms with Gasteiger partial charge in [-0.1, -0.05) is 25.1 Å². The molecule has 0 saturated carbocycles. The Morgan fingerprint density at radius 2 is 1.76 bits per heavy atom. The monoisotopic (exact) mass is 519 g/mol. The molecule has 2 aromatic rings. The van der Waals surface area contributed by atoms with Gasteiger partial charge in [-0.2, -0.15) is 0 Å². The molecular weight excluding hydrogens is 485 g/mol. The van der Waals surface area contributed by atoms with Crippen LogP contribution in [0.1, 0.15) is 43.7 Å². The molecule has 0 spiro atoms. The molecule has 2 aliphatic rings. The first-order valence-electron chi connectivity index (χ1n) is 12.3. The molecule has 1 aromatic heterocycles. The minimum Gasteiger partial charge on any atom is -0.473 e. The zero-order valence-electron chi connectivity index (χ0n) is 21.3. The van der Waals surface area contributed by atoms with Crippen LogP contribution in [0.15, 0.2) is 40.1 Å². The van der Waals surface area contributed by atoms with Crippen molar-refractivity contribution < 1.29 is 28.9 Å². The Balaban J connectivity index is 0.000000568. The fraction of sp³-hybridized carbons (Fsp3) is 0.538. The summed E-state index contributed by atoms with van der Waals surface area (Å²) in [6, 6.07) is 7.65. The van der Waals surface area contributed by atoms with E-state index in [-0.39, 0.29) is 23.2 Å². The fourth-order valence-electron chi connectivity index (χ4n) is 5.39. The lowest BCUT2D eigenvalue weighted by Gasteiger charge is -2.39. The number of benzene rings is 1. The summed E-state index contributed by atoms with van der Waals surface area (Å²) in [5.74, 6) is -3.28. The third-order valence-electron chi connectivity index (χ3n) is 7.15. The van der Waals surface area contributed by atoms with E-state index in [1.54, 1.807) is 32.3 Å². The number of carbonyl (C=O) groups is 2. The molecule has 10 nitrogen and oxygen atoms in total. The molecule has 0 aliphatic carbocycles. The van der Waals surface area contributed by atoms with E-state index in [0.29, 0.717) is 42.3 Å². The Labute approximate surface area is 213 Å². The molecule has 202 valence electrons. The molecule has 11 heteroatoms. The highest BCUT2D eigenvalue weighted by Gasteiger charge is 2.44. The van der Waals surface area contributed by atoms with Crippen LogP contribution in [0.25, 0.3) is 0 Å². The number of aryl methyl sites for hydroxylation is 2. The summed E-state index contributed by atoms with van der Waals surface area (Å²) >= 11 is 0. The highest BCUT2D eigenvalue weighted by Crippen LogP contribution is 2.40. The van der Waals surface area contributed by atoms with Crippen LogP contribution < -0.4 is 11.2 Å². The van der Waals surface area contributed by atoms with Gasteiger partial charge in [0.25, 0.3) is 5.56 Å². The maximum absolute atomic E-state index is 13.9. The van der Waals surface area contributed by atoms with E-state index >= 15 is 0 Å². The number of hydrogen-bond donors (Lipinski definition) is 2. The van der Waals surface area contributed by atoms with Crippen LogP contribution in [0.5, 0.6) is 0 Å². The van der Waals surface area contributed by atoms with E-state index in [2.05, 4.69) is 11.8 Å². The van der Waals surface area contributed by atoms with Crippen LogP contribution in [0.4, 0.5) is 4.39 Å². The smallest absolute Gasteiger partial charge is 0.414 e. The first-order valence-corrected chi connectivity index (χ1v) is 12.3. The second-order valence-corrected chi connectivity index (χ2v) is 9.79. The molecule has 4 atom stereocenters. The summed E-state index contributed by atoms with van der Waals surface area (Å²) in [5, 5.41) is 14.8. The average molecular weight is 520 g/mol. The number of piperidine rings is 1. The minimum absolute atomic E-state index is 0.141. The molecule has 4 rings (SSSR count). The van der Waals surface area contributed by atoms with Gasteiger partial charge >= 0.3 is 17.6 Å². The zero-order chi connectivity index (χ0) is 27.3. The Hall–Kier alpha value is -3.31. The van der Waals surface area contributed by atoms with Crippen molar-refractivity contribution in [3.05, 3.63) is 68.2 Å². The van der Waals surface area contributed by atoms with E-state index in [1.165, 1.54) is 15.2 Å². The first-order chi connectivity index (χ1) is 17.5. The van der Waals surface area contributed by atoms with Crippen LogP contribution in [0.2, 0.25) is 0 Å². The van der Waals surface area contributed by atoms with Crippen molar-refractivity contribution in [3.63, 3.8) is 0 Å². The van der Waals surface area contributed by atoms with Gasteiger partial charge in [0, 0.05) is 49.5 Å². The third-order valence-corrected chi connectivity index (χ3v) is 7.15. The van der Waals surface area contributed by atoms with Gasteiger partial charge in [-0.3, -0.25) is 14.3 Å². The summed E-state index contributed by atoms with van der Waals surface area (Å²) < 4.78 is 22.8. The Morgan fingerprint density at radius 1 is 1.08 bits per heavy atom. The van der Waals surface area contributed by atoms with Gasteiger partial charge in [0.15, 0.2) is 0 Å². The molecule has 0 radical (unpaired) electrons. The van der Waals surface area contributed by atoms with Gasteiger partial charge in [-0.15, -0.1) is 0 Å². The second kappa shape index (κ2) is 12.3. The van der Waals surface area contributed by atoms with Gasteiger partial charge < -0.3 is 19.5 Å². The molecule has 1 aromatic carbocycles. The van der Waals surface area contributed by atoms with Crippen molar-refractivity contribution in [1.29, 1.82) is 0 Å². The summed E-state index contributed by atoms with van der Waals surface area (Å²) in [7, 11) is 1.68. The Bertz CT molecular complexity index is 1200. The molecule has 3 heterocycles. The molecule has 2 N–H and O–H groups in total. The van der Waals surface area contributed by atoms with Gasteiger partial charge in [0.1, 0.15) is 5.82 Å². The van der Waals surface area contributed by atoms with Crippen molar-refractivity contribution >= 4 is 11.9 Å². The molecule has 2 saturated heterocycles. The molecule has 2 fully saturated rings. The van der Waals surface area contributed by atoms with E-state index in [9.17, 15) is 14.0 Å². The van der Waals surface area contributed by atoms with E-state index in [1.807, 2.05) is 6.07 Å². The van der Waals surface area contributed by atoms with Crippen LogP contribution in [0.3, 0.4) is 0 Å². The van der Waals surface area contributed by atoms with E-state index in [4.69, 9.17) is 24.5 Å². The van der Waals surface area contributed by atoms with Crippen molar-refractivity contribution in [2.24, 2.45) is 13.0 Å². The highest BCUT2D eigenvalue weighted by molar-refractivity contribution is 6.27. The molecule has 0 amide bonds. The normalized spacial score (nSPS) is 22.8. The van der Waals surface area contributed by atoms with Crippen molar-refractivity contribution in [3.8, 4) is 0 Å². The van der Waals surface area contributed by atoms with Gasteiger partial charge in [-0.05, 0) is 44.6 Å². The summed E-state index contributed by atoms with van der Waals surface area (Å²) in [4.78, 5) is 45.4. The second-order valence-electron chi connectivity index (χ2n) is 9.79. The Kier molecular flexibility index (Phi) is 9.39. The van der Waals surface area contributed by atoms with Crippen LogP contribution in [0, 0.1) is 18.7 Å². The number of aliphatic carboxylic acids is 2. The van der Waals surface area contributed by atoms with Crippen molar-refractivity contribution in [2.75, 3.05) is 6.54 Å². The zero-order valence-corrected chi connectivity index (χ0v) is 21.3. The van der Waals surface area contributed by atoms with E-state index in [0.717, 1.165) is 32.2 Å². The number of hydrogen-bond acceptors (Lipinski definition) is 6. The van der Waals surface area contributed by atoms with Crippen LogP contribution >= 0.6 is 0 Å². The number of aromatic nitrogens is 2. The fourth-order valence-corrected chi connectivity index (χ4v) is 5.39. The maximum Gasteiger partial charge on any atom is 0.414 e. The lowest BCUT2D eigenvalue weighted by atomic mass is 9.97. The van der Waals surface area contributed by atoms with E-state index < -0.39 is 11.9 Å². The summed E-state index contributed by atoms with van der Waals surface area (Å²) in [6.07, 6.45) is 5.52. The number of halogens is 1. The van der Waals surface area contributed by atoms with Gasteiger partial charge in [-0.25, -0.2) is 18.8 Å². The van der Waals surface area contributed by atoms with Crippen LogP contribution in [-0.2, 0) is 34.5 Å². The SMILES string of the molecule is Cc1cn(C)c(=O)n(CCCN2C3CC(OCc4ccccc4F)CC2C(C)C3)c1=O.O=C(O)C(=O)O. The predicted octanol–water partition coefficient (Wildman–Crippen LogP) is 2.00. The van der Waals surface area contributed by atoms with Gasteiger partial charge in [0.05, 0.1) is 12.7 Å². The molecule has 2 bridgehead atoms. The average Bonchev–Trinajstić information content (AvgIpc) is 3.02. The number of nitrogens with zero attached hydrogens (tertiary/aromatic N) is 3. The number of carboxylic acid groups (broad SMARTS) is 2.